The van der Waals surface area contributed by atoms with Crippen molar-refractivity contribution >= 4 is 35.7 Å². The van der Waals surface area contributed by atoms with Crippen LogP contribution in [0, 0.1) is 11.8 Å². The van der Waals surface area contributed by atoms with E-state index in [1.807, 2.05) is 13.8 Å². The van der Waals surface area contributed by atoms with Gasteiger partial charge in [0, 0.05) is 49.0 Å². The van der Waals surface area contributed by atoms with Crippen molar-refractivity contribution in [2.75, 3.05) is 13.2 Å². The number of pyridine rings is 1. The first-order valence-electron chi connectivity index (χ1n) is 14.3. The van der Waals surface area contributed by atoms with Gasteiger partial charge in [-0.2, -0.15) is 0 Å². The van der Waals surface area contributed by atoms with E-state index < -0.39 is 47.9 Å². The smallest absolute Gasteiger partial charge is 0.408 e. The Hall–Kier alpha value is -4.49. The number of hydrogen-bond acceptors (Lipinski definition) is 9. The van der Waals surface area contributed by atoms with Crippen LogP contribution in [0.15, 0.2) is 36.7 Å². The Morgan fingerprint density at radius 1 is 1.12 bits per heavy atom. The maximum Gasteiger partial charge on any atom is 0.408 e. The lowest BCUT2D eigenvalue weighted by Crippen LogP contribution is -2.55. The Balaban J connectivity index is 2.14. The van der Waals surface area contributed by atoms with Crippen molar-refractivity contribution in [2.24, 2.45) is 17.6 Å². The molecular weight excluding hydrogens is 560 g/mol. The van der Waals surface area contributed by atoms with Crippen LogP contribution in [0.2, 0.25) is 0 Å². The van der Waals surface area contributed by atoms with Crippen LogP contribution in [0.3, 0.4) is 0 Å². The monoisotopic (exact) mass is 602 g/mol. The average molecular weight is 603 g/mol. The van der Waals surface area contributed by atoms with Crippen LogP contribution in [0.5, 0.6) is 0 Å². The fraction of sp³-hybridized carbons (Fsp3) is 0.552. The van der Waals surface area contributed by atoms with Gasteiger partial charge in [0.25, 0.3) is 0 Å². The highest BCUT2D eigenvalue weighted by atomic mass is 16.5. The first kappa shape index (κ1) is 34.7. The summed E-state index contributed by atoms with van der Waals surface area (Å²) < 4.78 is 10.1. The van der Waals surface area contributed by atoms with E-state index in [1.54, 1.807) is 25.3 Å². The molecule has 0 saturated carbocycles. The van der Waals surface area contributed by atoms with E-state index >= 15 is 0 Å². The van der Waals surface area contributed by atoms with Crippen molar-refractivity contribution in [2.45, 2.75) is 77.6 Å². The Labute approximate surface area is 250 Å². The molecule has 6 N–H and O–H groups in total. The Kier molecular flexibility index (Phi) is 14.6. The van der Waals surface area contributed by atoms with Crippen LogP contribution >= 0.6 is 0 Å². The molecule has 43 heavy (non-hydrogen) atoms. The van der Waals surface area contributed by atoms with Crippen LogP contribution in [0.4, 0.5) is 4.79 Å². The molecule has 0 bridgehead atoms. The number of ether oxygens (including phenoxy) is 2. The number of primary amides is 1. The van der Waals surface area contributed by atoms with E-state index in [0.717, 1.165) is 0 Å². The molecule has 2 rings (SSSR count). The van der Waals surface area contributed by atoms with Gasteiger partial charge in [-0.3, -0.25) is 24.2 Å². The zero-order chi connectivity index (χ0) is 31.8. The van der Waals surface area contributed by atoms with Crippen molar-refractivity contribution < 1.29 is 38.2 Å². The van der Waals surface area contributed by atoms with Gasteiger partial charge in [0.15, 0.2) is 0 Å². The molecular formula is C29H42N6O8. The summed E-state index contributed by atoms with van der Waals surface area (Å²) in [7, 11) is 0. The normalized spacial score (nSPS) is 16.6. The van der Waals surface area contributed by atoms with Crippen molar-refractivity contribution in [1.82, 2.24) is 26.3 Å². The highest BCUT2D eigenvalue weighted by molar-refractivity contribution is 5.92. The fourth-order valence-corrected chi connectivity index (χ4v) is 4.38. The van der Waals surface area contributed by atoms with Gasteiger partial charge < -0.3 is 36.5 Å². The van der Waals surface area contributed by atoms with E-state index in [2.05, 4.69) is 26.3 Å². The second-order valence-corrected chi connectivity index (χ2v) is 10.6. The predicted molar refractivity (Wildman–Crippen MR) is 155 cm³/mol. The molecule has 14 nitrogen and oxygen atoms in total. The topological polar surface area (TPSA) is 208 Å². The standard InChI is InChI=1S/C29H42N6O8/c1-4-42-25(37)10-7-21(15-20-11-13-32-26(20)38)33-28(40)23(14-18(2)3)34-27(39)22(8-9-24(30)36)35-29(41)43-17-19-6-5-12-31-16-19/h5-7,10,12,16,18,20-23H,4,8-9,11,13-15,17H2,1-3H3,(H2,30,36)(H,32,38)(H,33,40)(H,34,39)(H,35,41)/t20-,21+,22-,23-/m0/s1. The quantitative estimate of drug-likeness (QED) is 0.125. The van der Waals surface area contributed by atoms with Crippen LogP contribution < -0.4 is 27.0 Å². The van der Waals surface area contributed by atoms with Crippen LogP contribution in [-0.2, 0) is 40.1 Å². The molecule has 1 aromatic rings. The number of nitrogens with one attached hydrogen (secondary N) is 4. The van der Waals surface area contributed by atoms with Crippen LogP contribution in [0.1, 0.15) is 58.4 Å². The lowest BCUT2D eigenvalue weighted by atomic mass is 9.96. The van der Waals surface area contributed by atoms with E-state index in [4.69, 9.17) is 15.2 Å². The number of carbonyl (C=O) groups excluding carboxylic acids is 6. The second-order valence-electron chi connectivity index (χ2n) is 10.6. The van der Waals surface area contributed by atoms with Gasteiger partial charge in [0.2, 0.25) is 23.6 Å². The summed E-state index contributed by atoms with van der Waals surface area (Å²) in [5.74, 6) is -3.06. The molecule has 2 heterocycles. The number of carbonyl (C=O) groups is 6. The van der Waals surface area contributed by atoms with Crippen LogP contribution in [-0.4, -0.2) is 72.0 Å². The first-order chi connectivity index (χ1) is 20.5. The molecule has 4 atom stereocenters. The van der Waals surface area contributed by atoms with Gasteiger partial charge in [-0.1, -0.05) is 26.0 Å². The third-order valence-corrected chi connectivity index (χ3v) is 6.50. The molecule has 1 aromatic heterocycles. The molecule has 236 valence electrons. The van der Waals surface area contributed by atoms with Crippen molar-refractivity contribution in [3.8, 4) is 0 Å². The number of hydrogen-bond donors (Lipinski definition) is 5. The number of aromatic nitrogens is 1. The Bertz CT molecular complexity index is 1140. The molecule has 0 radical (unpaired) electrons. The number of esters is 1. The summed E-state index contributed by atoms with van der Waals surface area (Å²) in [6, 6.07) is 0.426. The third kappa shape index (κ3) is 13.4. The van der Waals surface area contributed by atoms with Crippen molar-refractivity contribution in [3.63, 3.8) is 0 Å². The number of amides is 5. The maximum atomic E-state index is 13.5. The van der Waals surface area contributed by atoms with Gasteiger partial charge in [0.05, 0.1) is 6.61 Å². The molecule has 1 saturated heterocycles. The van der Waals surface area contributed by atoms with Crippen molar-refractivity contribution in [3.05, 3.63) is 42.2 Å². The van der Waals surface area contributed by atoms with Gasteiger partial charge in [-0.15, -0.1) is 0 Å². The molecule has 0 aliphatic carbocycles. The highest BCUT2D eigenvalue weighted by Gasteiger charge is 2.31. The van der Waals surface area contributed by atoms with E-state index in [9.17, 15) is 28.8 Å². The van der Waals surface area contributed by atoms with E-state index in [1.165, 1.54) is 18.3 Å². The summed E-state index contributed by atoms with van der Waals surface area (Å²) in [5, 5.41) is 10.7. The summed E-state index contributed by atoms with van der Waals surface area (Å²) in [6.45, 7) is 6.00. The van der Waals surface area contributed by atoms with E-state index in [-0.39, 0.29) is 56.6 Å². The lowest BCUT2D eigenvalue weighted by molar-refractivity contribution is -0.137. The fourth-order valence-electron chi connectivity index (χ4n) is 4.38. The zero-order valence-corrected chi connectivity index (χ0v) is 24.8. The molecule has 14 heteroatoms. The second kappa shape index (κ2) is 18.1. The minimum atomic E-state index is -1.22. The number of nitrogens with zero attached hydrogens (tertiary/aromatic N) is 1. The summed E-state index contributed by atoms with van der Waals surface area (Å²) in [6.07, 6.45) is 5.57. The van der Waals surface area contributed by atoms with Crippen molar-refractivity contribution in [1.29, 1.82) is 0 Å². The molecule has 0 spiro atoms. The third-order valence-electron chi connectivity index (χ3n) is 6.50. The summed E-state index contributed by atoms with van der Waals surface area (Å²) in [4.78, 5) is 78.7. The predicted octanol–water partition coefficient (Wildman–Crippen LogP) is 0.603. The Morgan fingerprint density at radius 2 is 1.86 bits per heavy atom. The molecule has 1 aliphatic heterocycles. The largest absolute Gasteiger partial charge is 0.463 e. The van der Waals surface area contributed by atoms with E-state index in [0.29, 0.717) is 18.5 Å². The van der Waals surface area contributed by atoms with Crippen LogP contribution in [0.25, 0.3) is 0 Å². The minimum Gasteiger partial charge on any atom is -0.463 e. The highest BCUT2D eigenvalue weighted by Crippen LogP contribution is 2.17. The molecule has 1 aliphatic rings. The molecule has 5 amide bonds. The minimum absolute atomic E-state index is 0.0216. The number of rotatable bonds is 17. The van der Waals surface area contributed by atoms with Gasteiger partial charge >= 0.3 is 12.1 Å². The summed E-state index contributed by atoms with van der Waals surface area (Å²) in [5.41, 5.74) is 5.90. The number of alkyl carbamates (subject to hydrolysis) is 1. The lowest BCUT2D eigenvalue weighted by Gasteiger charge is -2.26. The maximum absolute atomic E-state index is 13.5. The molecule has 1 fully saturated rings. The first-order valence-corrected chi connectivity index (χ1v) is 14.3. The summed E-state index contributed by atoms with van der Waals surface area (Å²) >= 11 is 0. The average Bonchev–Trinajstić information content (AvgIpc) is 3.36. The zero-order valence-electron chi connectivity index (χ0n) is 24.8. The number of nitrogens with two attached hydrogens (primary N) is 1. The molecule has 0 unspecified atom stereocenters. The van der Waals surface area contributed by atoms with Gasteiger partial charge in [0.1, 0.15) is 18.7 Å². The SMILES string of the molecule is CCOC(=O)C=C[C@H](C[C@@H]1CCNC1=O)NC(=O)[C@H](CC(C)C)NC(=O)[C@H](CCC(N)=O)NC(=O)OCc1cccnc1. The van der Waals surface area contributed by atoms with Gasteiger partial charge in [-0.25, -0.2) is 9.59 Å². The Morgan fingerprint density at radius 3 is 2.47 bits per heavy atom. The molecule has 0 aromatic carbocycles. The van der Waals surface area contributed by atoms with Gasteiger partial charge in [-0.05, 0) is 44.6 Å².